The fourth-order valence-electron chi connectivity index (χ4n) is 9.80. The number of phosphoric acid groups is 1. The molecule has 4 aromatic carbocycles. The maximum atomic E-state index is 13.0. The highest BCUT2D eigenvalue weighted by atomic mass is 31.2. The Bertz CT molecular complexity index is 2030. The fraction of sp³-hybridized carbons (Fsp3) is 0.700. The normalized spacial score (nSPS) is 13.4. The number of hydrogen-bond donors (Lipinski definition) is 1. The summed E-state index contributed by atoms with van der Waals surface area (Å²) >= 11 is 0. The first-order valence-corrected chi connectivity index (χ1v) is 29.9. The molecule has 2 unspecified atom stereocenters. The van der Waals surface area contributed by atoms with Gasteiger partial charge in [-0.25, -0.2) is 4.57 Å². The van der Waals surface area contributed by atoms with Crippen molar-refractivity contribution < 1.29 is 42.1 Å². The van der Waals surface area contributed by atoms with E-state index in [1.807, 2.05) is 21.1 Å². The lowest BCUT2D eigenvalue weighted by Crippen LogP contribution is -2.37. The van der Waals surface area contributed by atoms with Crippen molar-refractivity contribution in [2.24, 2.45) is 0 Å². The number of quaternary nitrogens is 1. The third kappa shape index (κ3) is 25.5. The molecule has 2 atom stereocenters. The third-order valence-corrected chi connectivity index (χ3v) is 15.1. The first-order valence-electron chi connectivity index (χ1n) is 28.4. The first kappa shape index (κ1) is 59.5. The summed E-state index contributed by atoms with van der Waals surface area (Å²) in [6, 6.07) is 19.7. The molecule has 70 heavy (non-hydrogen) atoms. The van der Waals surface area contributed by atoms with E-state index in [4.69, 9.17) is 18.5 Å². The summed E-state index contributed by atoms with van der Waals surface area (Å²) in [5.74, 6) is -0.838. The predicted octanol–water partition coefficient (Wildman–Crippen LogP) is 16.9. The molecule has 0 saturated heterocycles. The average Bonchev–Trinajstić information content (AvgIpc) is 3.33. The number of benzene rings is 4. The number of carbonyl (C=O) groups excluding carboxylic acids is 2. The molecule has 4 rings (SSSR count). The van der Waals surface area contributed by atoms with E-state index < -0.39 is 26.5 Å². The summed E-state index contributed by atoms with van der Waals surface area (Å²) in [4.78, 5) is 36.1. The minimum atomic E-state index is -4.42. The molecule has 0 radical (unpaired) electrons. The Morgan fingerprint density at radius 3 is 1.44 bits per heavy atom. The predicted molar refractivity (Wildman–Crippen MR) is 293 cm³/mol. The molecule has 0 spiro atoms. The topological polar surface area (TPSA) is 108 Å². The number of aryl methyl sites for hydroxylation is 1. The molecule has 0 amide bonds. The molecule has 0 aliphatic rings. The summed E-state index contributed by atoms with van der Waals surface area (Å²) in [7, 11) is 1.44. The second-order valence-electron chi connectivity index (χ2n) is 21.5. The Kier molecular flexibility index (Phi) is 29.9. The fourth-order valence-corrected chi connectivity index (χ4v) is 10.5. The molecule has 4 aromatic rings. The number of ether oxygens (including phenoxy) is 2. The highest BCUT2D eigenvalue weighted by molar-refractivity contribution is 7.47. The van der Waals surface area contributed by atoms with E-state index in [0.29, 0.717) is 17.4 Å². The van der Waals surface area contributed by atoms with Crippen LogP contribution in [0.1, 0.15) is 218 Å². The molecule has 0 aromatic heterocycles. The van der Waals surface area contributed by atoms with Crippen molar-refractivity contribution in [1.29, 1.82) is 0 Å². The van der Waals surface area contributed by atoms with Crippen molar-refractivity contribution in [3.05, 3.63) is 60.2 Å². The van der Waals surface area contributed by atoms with Gasteiger partial charge in [0, 0.05) is 12.8 Å². The summed E-state index contributed by atoms with van der Waals surface area (Å²) in [5, 5.41) is 7.65. The van der Waals surface area contributed by atoms with E-state index in [2.05, 4.69) is 61.5 Å². The molecule has 0 fully saturated rings. The largest absolute Gasteiger partial charge is 0.472 e. The van der Waals surface area contributed by atoms with Gasteiger partial charge in [-0.05, 0) is 63.6 Å². The van der Waals surface area contributed by atoms with Gasteiger partial charge in [0.05, 0.1) is 27.7 Å². The van der Waals surface area contributed by atoms with Gasteiger partial charge < -0.3 is 18.9 Å². The van der Waals surface area contributed by atoms with E-state index in [1.54, 1.807) is 0 Å². The lowest BCUT2D eigenvalue weighted by molar-refractivity contribution is -0.870. The quantitative estimate of drug-likeness (QED) is 0.0153. The summed E-state index contributed by atoms with van der Waals surface area (Å²) in [6.07, 6.45) is 38.9. The van der Waals surface area contributed by atoms with Crippen molar-refractivity contribution in [1.82, 2.24) is 0 Å². The zero-order chi connectivity index (χ0) is 50.1. The Hall–Kier alpha value is -3.07. The molecular formula is C60H97NO8P+. The van der Waals surface area contributed by atoms with Crippen molar-refractivity contribution in [2.45, 2.75) is 225 Å². The van der Waals surface area contributed by atoms with Crippen molar-refractivity contribution >= 4 is 52.1 Å². The molecular weight excluding hydrogens is 894 g/mol. The van der Waals surface area contributed by atoms with Crippen molar-refractivity contribution in [3.63, 3.8) is 0 Å². The van der Waals surface area contributed by atoms with Crippen LogP contribution < -0.4 is 0 Å². The lowest BCUT2D eigenvalue weighted by Gasteiger charge is -2.24. The molecule has 1 N–H and O–H groups in total. The highest BCUT2D eigenvalue weighted by Gasteiger charge is 2.27. The zero-order valence-electron chi connectivity index (χ0n) is 44.6. The standard InChI is InChI=1S/C60H96NO8P/c1-5-6-7-8-9-10-11-12-13-14-15-16-17-18-19-20-21-22-23-24-25-26-27-28-29-30-33-39-57(62)66-49-55(50-68-70(64,65)67-48-47-61(2,3)4)69-58(63)40-34-31-32-36-51-41-42-54-44-43-52-37-35-38-53-45-46-56(51)60(54)59(52)53/h35,37-38,41-46,55H,5-34,36,39-40,47-50H2,1-4H3/p+1. The van der Waals surface area contributed by atoms with Crippen LogP contribution in [-0.4, -0.2) is 74.9 Å². The van der Waals surface area contributed by atoms with Crippen LogP contribution in [0.3, 0.4) is 0 Å². The van der Waals surface area contributed by atoms with Gasteiger partial charge in [0.1, 0.15) is 19.8 Å². The Labute approximate surface area is 425 Å². The number of esters is 2. The van der Waals surface area contributed by atoms with Gasteiger partial charge in [0.2, 0.25) is 0 Å². The Morgan fingerprint density at radius 1 is 0.514 bits per heavy atom. The van der Waals surface area contributed by atoms with E-state index in [-0.39, 0.29) is 32.0 Å². The maximum absolute atomic E-state index is 13.0. The van der Waals surface area contributed by atoms with E-state index in [9.17, 15) is 19.0 Å². The number of phosphoric ester groups is 1. The van der Waals surface area contributed by atoms with Crippen LogP contribution in [0.5, 0.6) is 0 Å². The second kappa shape index (κ2) is 35.1. The highest BCUT2D eigenvalue weighted by Crippen LogP contribution is 2.43. The van der Waals surface area contributed by atoms with Crippen LogP contribution in [0.25, 0.3) is 32.3 Å². The molecule has 0 heterocycles. The molecule has 10 heteroatoms. The van der Waals surface area contributed by atoms with Gasteiger partial charge in [-0.1, -0.05) is 235 Å². The monoisotopic (exact) mass is 991 g/mol. The number of hydrogen-bond acceptors (Lipinski definition) is 7. The molecule has 0 aliphatic carbocycles. The summed E-state index contributed by atoms with van der Waals surface area (Å²) in [6.45, 7) is 2.13. The zero-order valence-corrected chi connectivity index (χ0v) is 45.5. The van der Waals surface area contributed by atoms with Gasteiger partial charge in [-0.3, -0.25) is 18.6 Å². The third-order valence-electron chi connectivity index (χ3n) is 14.1. The SMILES string of the molecule is CCCCCCCCCCCCCCCCCCCCCCCCCCCCCC(=O)OCC(COP(=O)(O)OCC[N+](C)(C)C)OC(=O)CCCCCc1ccc2ccc3cccc4ccc1c2c34. The smallest absolute Gasteiger partial charge is 0.462 e. The molecule has 394 valence electrons. The number of nitrogens with zero attached hydrogens (tertiary/aromatic N) is 1. The van der Waals surface area contributed by atoms with Crippen LogP contribution in [0, 0.1) is 0 Å². The molecule has 0 aliphatic heterocycles. The minimum absolute atomic E-state index is 0.0188. The van der Waals surface area contributed by atoms with Gasteiger partial charge >= 0.3 is 19.8 Å². The van der Waals surface area contributed by atoms with Crippen LogP contribution in [-0.2, 0) is 39.1 Å². The van der Waals surface area contributed by atoms with E-state index in [1.165, 1.54) is 192 Å². The summed E-state index contributed by atoms with van der Waals surface area (Å²) in [5.41, 5.74) is 1.30. The van der Waals surface area contributed by atoms with Gasteiger partial charge in [-0.15, -0.1) is 0 Å². The van der Waals surface area contributed by atoms with Crippen LogP contribution >= 0.6 is 7.82 Å². The van der Waals surface area contributed by atoms with E-state index in [0.717, 1.165) is 38.5 Å². The van der Waals surface area contributed by atoms with Gasteiger partial charge in [0.15, 0.2) is 6.10 Å². The van der Waals surface area contributed by atoms with Crippen molar-refractivity contribution in [2.75, 3.05) is 47.5 Å². The average molecular weight is 991 g/mol. The molecule has 0 saturated carbocycles. The second-order valence-corrected chi connectivity index (χ2v) is 22.9. The molecule has 9 nitrogen and oxygen atoms in total. The number of carbonyl (C=O) groups is 2. The summed E-state index contributed by atoms with van der Waals surface area (Å²) < 4.78 is 34.8. The lowest BCUT2D eigenvalue weighted by atomic mass is 9.90. The Morgan fingerprint density at radius 2 is 0.943 bits per heavy atom. The van der Waals surface area contributed by atoms with Gasteiger partial charge in [0.25, 0.3) is 0 Å². The first-order chi connectivity index (χ1) is 34.0. The van der Waals surface area contributed by atoms with Crippen LogP contribution in [0.2, 0.25) is 0 Å². The number of rotatable bonds is 44. The van der Waals surface area contributed by atoms with Crippen molar-refractivity contribution in [3.8, 4) is 0 Å². The number of unbranched alkanes of at least 4 members (excludes halogenated alkanes) is 28. The molecule has 0 bridgehead atoms. The van der Waals surface area contributed by atoms with Crippen LogP contribution in [0.4, 0.5) is 0 Å². The number of likely N-dealkylation sites (N-methyl/N-ethyl adjacent to an activating group) is 1. The van der Waals surface area contributed by atoms with Crippen LogP contribution in [0.15, 0.2) is 54.6 Å². The van der Waals surface area contributed by atoms with Gasteiger partial charge in [-0.2, -0.15) is 0 Å². The minimum Gasteiger partial charge on any atom is -0.462 e. The van der Waals surface area contributed by atoms with E-state index >= 15 is 0 Å². The maximum Gasteiger partial charge on any atom is 0.472 e. The Balaban J connectivity index is 1.01.